The van der Waals surface area contributed by atoms with Crippen molar-refractivity contribution < 1.29 is 19.4 Å². The van der Waals surface area contributed by atoms with E-state index < -0.39 is 17.6 Å². The molecule has 0 saturated carbocycles. The fourth-order valence-corrected chi connectivity index (χ4v) is 4.48. The highest BCUT2D eigenvalue weighted by Crippen LogP contribution is 2.52. The Kier molecular flexibility index (Phi) is 6.69. The Bertz CT molecular complexity index is 1220. The second-order valence-corrected chi connectivity index (χ2v) is 8.73. The first kappa shape index (κ1) is 23.5. The van der Waals surface area contributed by atoms with E-state index in [0.717, 1.165) is 16.7 Å². The maximum absolute atomic E-state index is 13.3. The molecule has 0 saturated heterocycles. The summed E-state index contributed by atoms with van der Waals surface area (Å²) in [6.07, 6.45) is -1.43. The molecular formula is C28H28N2O4. The minimum atomic E-state index is -1.50. The van der Waals surface area contributed by atoms with Crippen molar-refractivity contribution >= 4 is 5.91 Å². The molecule has 1 aliphatic rings. The molecule has 1 amide bonds. The SMILES string of the molecule is COc1ccc2c(c1)[C@@H](O)[C@](C#N)(COC(C)C)[C@H](NC(=O)c1ccccc1)c1ccccc1-2. The van der Waals surface area contributed by atoms with E-state index >= 15 is 0 Å². The molecule has 34 heavy (non-hydrogen) atoms. The highest BCUT2D eigenvalue weighted by atomic mass is 16.5. The number of rotatable bonds is 6. The minimum absolute atomic E-state index is 0.0763. The van der Waals surface area contributed by atoms with E-state index in [-0.39, 0.29) is 18.6 Å². The standard InChI is InChI=1S/C28H28N2O4/c1-18(2)34-17-28(16-29)25(30-27(32)19-9-5-4-6-10-19)23-12-8-7-11-21(23)22-14-13-20(33-3)15-24(22)26(28)31/h4-15,18,25-26,31H,17H2,1-3H3,(H,30,32)/t25-,26-,28-/m1/s1. The number of carbonyl (C=O) groups excluding carboxylic acids is 1. The lowest BCUT2D eigenvalue weighted by Gasteiger charge is -2.38. The first-order valence-electron chi connectivity index (χ1n) is 11.3. The number of aliphatic hydroxyl groups excluding tert-OH is 1. The summed E-state index contributed by atoms with van der Waals surface area (Å²) >= 11 is 0. The van der Waals surface area contributed by atoms with Crippen molar-refractivity contribution in [2.45, 2.75) is 32.1 Å². The molecule has 3 aromatic rings. The normalized spacial score (nSPS) is 21.1. The number of nitrogens with one attached hydrogen (secondary N) is 1. The van der Waals surface area contributed by atoms with Crippen molar-refractivity contribution in [2.24, 2.45) is 5.41 Å². The highest BCUT2D eigenvalue weighted by molar-refractivity contribution is 5.94. The quantitative estimate of drug-likeness (QED) is 0.555. The van der Waals surface area contributed by atoms with Crippen molar-refractivity contribution in [2.75, 3.05) is 13.7 Å². The lowest BCUT2D eigenvalue weighted by Crippen LogP contribution is -2.46. The van der Waals surface area contributed by atoms with Crippen molar-refractivity contribution in [3.63, 3.8) is 0 Å². The maximum Gasteiger partial charge on any atom is 0.251 e. The Labute approximate surface area is 199 Å². The summed E-state index contributed by atoms with van der Waals surface area (Å²) in [6.45, 7) is 3.67. The maximum atomic E-state index is 13.3. The average molecular weight is 457 g/mol. The Morgan fingerprint density at radius 3 is 2.41 bits per heavy atom. The Morgan fingerprint density at radius 2 is 1.74 bits per heavy atom. The molecule has 0 unspecified atom stereocenters. The van der Waals surface area contributed by atoms with Crippen molar-refractivity contribution in [1.29, 1.82) is 5.26 Å². The Morgan fingerprint density at radius 1 is 1.06 bits per heavy atom. The van der Waals surface area contributed by atoms with Crippen molar-refractivity contribution in [3.05, 3.63) is 89.5 Å². The summed E-state index contributed by atoms with van der Waals surface area (Å²) in [5.74, 6) is 0.235. The van der Waals surface area contributed by atoms with Crippen LogP contribution in [0.5, 0.6) is 5.75 Å². The molecule has 0 bridgehead atoms. The van der Waals surface area contributed by atoms with Crippen molar-refractivity contribution in [3.8, 4) is 22.9 Å². The van der Waals surface area contributed by atoms with Crippen LogP contribution in [0.1, 0.15) is 47.5 Å². The fourth-order valence-electron chi connectivity index (χ4n) is 4.48. The summed E-state index contributed by atoms with van der Waals surface area (Å²) in [7, 11) is 1.56. The minimum Gasteiger partial charge on any atom is -0.497 e. The summed E-state index contributed by atoms with van der Waals surface area (Å²) in [5, 5.41) is 25.5. The van der Waals surface area contributed by atoms with Crippen LogP contribution in [-0.4, -0.2) is 30.8 Å². The monoisotopic (exact) mass is 456 g/mol. The van der Waals surface area contributed by atoms with E-state index in [4.69, 9.17) is 9.47 Å². The van der Waals surface area contributed by atoms with Crippen LogP contribution in [0.15, 0.2) is 72.8 Å². The van der Waals surface area contributed by atoms with Crippen LogP contribution in [-0.2, 0) is 4.74 Å². The zero-order valence-corrected chi connectivity index (χ0v) is 19.5. The molecule has 6 nitrogen and oxygen atoms in total. The van der Waals surface area contributed by atoms with E-state index in [0.29, 0.717) is 16.9 Å². The third-order valence-electron chi connectivity index (χ3n) is 6.29. The summed E-state index contributed by atoms with van der Waals surface area (Å²) in [6, 6.07) is 23.4. The van der Waals surface area contributed by atoms with Crippen LogP contribution in [0.25, 0.3) is 11.1 Å². The zero-order chi connectivity index (χ0) is 24.3. The molecule has 1 aliphatic carbocycles. The second kappa shape index (κ2) is 9.68. The van der Waals surface area contributed by atoms with E-state index in [1.54, 1.807) is 37.4 Å². The van der Waals surface area contributed by atoms with Crippen LogP contribution in [0.4, 0.5) is 0 Å². The Hall–Kier alpha value is -3.66. The molecule has 0 aliphatic heterocycles. The van der Waals surface area contributed by atoms with Gasteiger partial charge in [-0.15, -0.1) is 0 Å². The average Bonchev–Trinajstić information content (AvgIpc) is 2.95. The van der Waals surface area contributed by atoms with Crippen LogP contribution < -0.4 is 10.1 Å². The molecule has 3 aromatic carbocycles. The number of methoxy groups -OCH3 is 1. The molecular weight excluding hydrogens is 428 g/mol. The molecule has 6 heteroatoms. The molecule has 4 rings (SSSR count). The molecule has 3 atom stereocenters. The number of nitrogens with zero attached hydrogens (tertiary/aromatic N) is 1. The lowest BCUT2D eigenvalue weighted by atomic mass is 9.73. The van der Waals surface area contributed by atoms with Crippen LogP contribution in [0.3, 0.4) is 0 Å². The third kappa shape index (κ3) is 4.16. The predicted octanol–water partition coefficient (Wildman–Crippen LogP) is 4.82. The molecule has 0 fully saturated rings. The number of benzene rings is 3. The molecule has 0 aromatic heterocycles. The van der Waals surface area contributed by atoms with Gasteiger partial charge in [-0.05, 0) is 60.4 Å². The highest BCUT2D eigenvalue weighted by Gasteiger charge is 2.51. The fraction of sp³-hybridized carbons (Fsp3) is 0.286. The molecule has 0 radical (unpaired) electrons. The van der Waals surface area contributed by atoms with Gasteiger partial charge in [0.15, 0.2) is 0 Å². The van der Waals surface area contributed by atoms with Crippen LogP contribution in [0, 0.1) is 16.7 Å². The first-order valence-corrected chi connectivity index (χ1v) is 11.3. The predicted molar refractivity (Wildman–Crippen MR) is 129 cm³/mol. The van der Waals surface area contributed by atoms with Gasteiger partial charge in [-0.2, -0.15) is 5.26 Å². The third-order valence-corrected chi connectivity index (χ3v) is 6.29. The van der Waals surface area contributed by atoms with Gasteiger partial charge in [0.2, 0.25) is 0 Å². The second-order valence-electron chi connectivity index (χ2n) is 8.73. The number of hydrogen-bond acceptors (Lipinski definition) is 5. The number of fused-ring (bicyclic) bond motifs is 3. The van der Waals surface area contributed by atoms with Crippen molar-refractivity contribution in [1.82, 2.24) is 5.32 Å². The van der Waals surface area contributed by atoms with E-state index in [9.17, 15) is 15.2 Å². The van der Waals surface area contributed by atoms with Gasteiger partial charge in [0.25, 0.3) is 5.91 Å². The van der Waals surface area contributed by atoms with Gasteiger partial charge in [0, 0.05) is 5.56 Å². The lowest BCUT2D eigenvalue weighted by molar-refractivity contribution is -0.0502. The van der Waals surface area contributed by atoms with Gasteiger partial charge >= 0.3 is 0 Å². The van der Waals surface area contributed by atoms with Gasteiger partial charge in [0.05, 0.1) is 31.9 Å². The number of ether oxygens (including phenoxy) is 2. The number of amides is 1. The van der Waals surface area contributed by atoms with Gasteiger partial charge < -0.3 is 19.9 Å². The van der Waals surface area contributed by atoms with Gasteiger partial charge in [-0.1, -0.05) is 48.5 Å². The van der Waals surface area contributed by atoms with E-state index in [1.807, 2.05) is 56.3 Å². The van der Waals surface area contributed by atoms with Gasteiger partial charge in [-0.3, -0.25) is 4.79 Å². The smallest absolute Gasteiger partial charge is 0.251 e. The summed E-state index contributed by atoms with van der Waals surface area (Å²) in [5.41, 5.74) is 1.88. The Balaban J connectivity index is 1.94. The van der Waals surface area contributed by atoms with E-state index in [2.05, 4.69) is 11.4 Å². The number of carbonyl (C=O) groups is 1. The summed E-state index contributed by atoms with van der Waals surface area (Å²) < 4.78 is 11.4. The van der Waals surface area contributed by atoms with Gasteiger partial charge in [-0.25, -0.2) is 0 Å². The molecule has 174 valence electrons. The molecule has 0 heterocycles. The number of hydrogen-bond donors (Lipinski definition) is 2. The summed E-state index contributed by atoms with van der Waals surface area (Å²) in [4.78, 5) is 13.3. The number of aliphatic hydroxyl groups is 1. The zero-order valence-electron chi connectivity index (χ0n) is 19.5. The van der Waals surface area contributed by atoms with Gasteiger partial charge in [0.1, 0.15) is 17.3 Å². The van der Waals surface area contributed by atoms with Crippen LogP contribution >= 0.6 is 0 Å². The molecule has 0 spiro atoms. The number of nitriles is 1. The largest absolute Gasteiger partial charge is 0.497 e. The molecule has 2 N–H and O–H groups in total. The topological polar surface area (TPSA) is 91.6 Å². The van der Waals surface area contributed by atoms with Crippen LogP contribution in [0.2, 0.25) is 0 Å². The first-order chi connectivity index (χ1) is 16.4. The van der Waals surface area contributed by atoms with E-state index in [1.165, 1.54) is 0 Å².